The molecule has 3 heteroatoms. The molecule has 1 spiro atoms. The van der Waals surface area contributed by atoms with Crippen LogP contribution in [0, 0.1) is 12.3 Å². The zero-order chi connectivity index (χ0) is 14.0. The maximum atomic E-state index is 12.5. The fourth-order valence-electron chi connectivity index (χ4n) is 3.60. The summed E-state index contributed by atoms with van der Waals surface area (Å²) in [6, 6.07) is 7.94. The van der Waals surface area contributed by atoms with Gasteiger partial charge in [0.2, 0.25) is 0 Å². The highest BCUT2D eigenvalue weighted by Crippen LogP contribution is 2.39. The molecule has 2 aliphatic heterocycles. The Bertz CT molecular complexity index is 482. The summed E-state index contributed by atoms with van der Waals surface area (Å²) in [6.45, 7) is 6.17. The van der Waals surface area contributed by atoms with E-state index in [0.29, 0.717) is 5.41 Å². The Labute approximate surface area is 121 Å². The minimum Gasteiger partial charge on any atom is -0.339 e. The van der Waals surface area contributed by atoms with Crippen LogP contribution in [0.5, 0.6) is 0 Å². The summed E-state index contributed by atoms with van der Waals surface area (Å²) >= 11 is 0. The summed E-state index contributed by atoms with van der Waals surface area (Å²) in [4.78, 5) is 14.6. The van der Waals surface area contributed by atoms with Crippen molar-refractivity contribution < 1.29 is 4.79 Å². The van der Waals surface area contributed by atoms with Gasteiger partial charge in [0.15, 0.2) is 0 Å². The lowest BCUT2D eigenvalue weighted by molar-refractivity contribution is 0.0495. The van der Waals surface area contributed by atoms with E-state index < -0.39 is 0 Å². The number of hydrogen-bond donors (Lipinski definition) is 1. The molecule has 0 unspecified atom stereocenters. The lowest BCUT2D eigenvalue weighted by Gasteiger charge is -2.44. The van der Waals surface area contributed by atoms with E-state index in [1.165, 1.54) is 25.7 Å². The van der Waals surface area contributed by atoms with Gasteiger partial charge in [0, 0.05) is 18.7 Å². The second-order valence-electron chi connectivity index (χ2n) is 6.41. The second kappa shape index (κ2) is 5.57. The van der Waals surface area contributed by atoms with Gasteiger partial charge in [-0.2, -0.15) is 0 Å². The molecule has 0 radical (unpaired) electrons. The number of benzene rings is 1. The Kier molecular flexibility index (Phi) is 3.79. The van der Waals surface area contributed by atoms with Gasteiger partial charge in [-0.3, -0.25) is 4.79 Å². The van der Waals surface area contributed by atoms with Crippen molar-refractivity contribution >= 4 is 5.91 Å². The van der Waals surface area contributed by atoms with Crippen LogP contribution in [0.1, 0.15) is 41.6 Å². The van der Waals surface area contributed by atoms with E-state index in [9.17, 15) is 4.79 Å². The fraction of sp³-hybridized carbons (Fsp3) is 0.588. The average molecular weight is 272 g/mol. The van der Waals surface area contributed by atoms with E-state index in [1.807, 2.05) is 36.1 Å². The molecule has 1 amide bonds. The van der Waals surface area contributed by atoms with Crippen LogP contribution in [-0.2, 0) is 0 Å². The van der Waals surface area contributed by atoms with E-state index in [0.717, 1.165) is 37.3 Å². The summed E-state index contributed by atoms with van der Waals surface area (Å²) in [5, 5.41) is 3.44. The Morgan fingerprint density at radius 1 is 1.15 bits per heavy atom. The molecule has 20 heavy (non-hydrogen) atoms. The van der Waals surface area contributed by atoms with E-state index in [1.54, 1.807) is 0 Å². The molecule has 108 valence electrons. The molecule has 0 bridgehead atoms. The maximum absolute atomic E-state index is 12.5. The Morgan fingerprint density at radius 3 is 2.50 bits per heavy atom. The SMILES string of the molecule is Cc1cccc(C(=O)N2CCC3(CCNCC3)CC2)c1. The molecule has 2 heterocycles. The van der Waals surface area contributed by atoms with Crippen LogP contribution in [0.25, 0.3) is 0 Å². The molecule has 2 saturated heterocycles. The second-order valence-corrected chi connectivity index (χ2v) is 6.41. The highest BCUT2D eigenvalue weighted by atomic mass is 16.2. The summed E-state index contributed by atoms with van der Waals surface area (Å²) < 4.78 is 0. The number of nitrogens with zero attached hydrogens (tertiary/aromatic N) is 1. The van der Waals surface area contributed by atoms with E-state index in [4.69, 9.17) is 0 Å². The van der Waals surface area contributed by atoms with Gasteiger partial charge < -0.3 is 10.2 Å². The molecule has 1 aromatic rings. The van der Waals surface area contributed by atoms with Crippen molar-refractivity contribution in [1.29, 1.82) is 0 Å². The quantitative estimate of drug-likeness (QED) is 0.852. The van der Waals surface area contributed by atoms with Gasteiger partial charge in [0.25, 0.3) is 5.91 Å². The first-order valence-corrected chi connectivity index (χ1v) is 7.75. The summed E-state index contributed by atoms with van der Waals surface area (Å²) in [5.41, 5.74) is 2.50. The number of piperidine rings is 2. The third kappa shape index (κ3) is 2.73. The van der Waals surface area contributed by atoms with Crippen molar-refractivity contribution in [3.63, 3.8) is 0 Å². The van der Waals surface area contributed by atoms with Crippen molar-refractivity contribution in [2.45, 2.75) is 32.6 Å². The first kappa shape index (κ1) is 13.6. The van der Waals surface area contributed by atoms with Crippen molar-refractivity contribution in [3.05, 3.63) is 35.4 Å². The number of aryl methyl sites for hydroxylation is 1. The van der Waals surface area contributed by atoms with Gasteiger partial charge in [0.1, 0.15) is 0 Å². The molecule has 1 aromatic carbocycles. The first-order chi connectivity index (χ1) is 9.69. The fourth-order valence-corrected chi connectivity index (χ4v) is 3.60. The average Bonchev–Trinajstić information content (AvgIpc) is 2.48. The van der Waals surface area contributed by atoms with Crippen LogP contribution in [0.3, 0.4) is 0 Å². The van der Waals surface area contributed by atoms with E-state index in [-0.39, 0.29) is 5.91 Å². The highest BCUT2D eigenvalue weighted by Gasteiger charge is 2.36. The number of hydrogen-bond acceptors (Lipinski definition) is 2. The minimum absolute atomic E-state index is 0.206. The largest absolute Gasteiger partial charge is 0.339 e. The molecular weight excluding hydrogens is 248 g/mol. The van der Waals surface area contributed by atoms with Crippen LogP contribution in [0.4, 0.5) is 0 Å². The predicted molar refractivity (Wildman–Crippen MR) is 80.9 cm³/mol. The molecule has 1 N–H and O–H groups in total. The number of carbonyl (C=O) groups excluding carboxylic acids is 1. The summed E-state index contributed by atoms with van der Waals surface area (Å²) in [7, 11) is 0. The standard InChI is InChI=1S/C17H24N2O/c1-14-3-2-4-15(13-14)16(20)19-11-7-17(8-12-19)5-9-18-10-6-17/h2-4,13,18H,5-12H2,1H3. The third-order valence-corrected chi connectivity index (χ3v) is 5.04. The molecular formula is C17H24N2O. The Morgan fingerprint density at radius 2 is 1.85 bits per heavy atom. The highest BCUT2D eigenvalue weighted by molar-refractivity contribution is 5.94. The predicted octanol–water partition coefficient (Wildman–Crippen LogP) is 2.60. The molecule has 3 nitrogen and oxygen atoms in total. The Hall–Kier alpha value is -1.35. The molecule has 3 rings (SSSR count). The van der Waals surface area contributed by atoms with Gasteiger partial charge in [-0.25, -0.2) is 0 Å². The normalized spacial score (nSPS) is 21.9. The van der Waals surface area contributed by atoms with Crippen molar-refractivity contribution in [3.8, 4) is 0 Å². The van der Waals surface area contributed by atoms with Crippen LogP contribution >= 0.6 is 0 Å². The number of nitrogens with one attached hydrogen (secondary N) is 1. The van der Waals surface area contributed by atoms with Gasteiger partial charge in [-0.05, 0) is 63.2 Å². The number of amides is 1. The van der Waals surface area contributed by atoms with Crippen molar-refractivity contribution in [2.24, 2.45) is 5.41 Å². The first-order valence-electron chi connectivity index (χ1n) is 7.75. The zero-order valence-electron chi connectivity index (χ0n) is 12.3. The number of carbonyl (C=O) groups is 1. The van der Waals surface area contributed by atoms with E-state index in [2.05, 4.69) is 5.32 Å². The molecule has 0 aliphatic carbocycles. The topological polar surface area (TPSA) is 32.3 Å². The molecule has 0 saturated carbocycles. The number of rotatable bonds is 1. The summed E-state index contributed by atoms with van der Waals surface area (Å²) in [5.74, 6) is 0.206. The molecule has 0 aromatic heterocycles. The van der Waals surface area contributed by atoms with Crippen LogP contribution in [-0.4, -0.2) is 37.0 Å². The van der Waals surface area contributed by atoms with E-state index >= 15 is 0 Å². The van der Waals surface area contributed by atoms with Crippen molar-refractivity contribution in [2.75, 3.05) is 26.2 Å². The van der Waals surface area contributed by atoms with Crippen LogP contribution < -0.4 is 5.32 Å². The van der Waals surface area contributed by atoms with Gasteiger partial charge in [-0.15, -0.1) is 0 Å². The lowest BCUT2D eigenvalue weighted by Crippen LogP contribution is -2.47. The monoisotopic (exact) mass is 272 g/mol. The van der Waals surface area contributed by atoms with Crippen molar-refractivity contribution in [1.82, 2.24) is 10.2 Å². The molecule has 2 fully saturated rings. The molecule has 2 aliphatic rings. The Balaban J connectivity index is 1.64. The zero-order valence-corrected chi connectivity index (χ0v) is 12.3. The number of likely N-dealkylation sites (tertiary alicyclic amines) is 1. The van der Waals surface area contributed by atoms with Crippen LogP contribution in [0.15, 0.2) is 24.3 Å². The van der Waals surface area contributed by atoms with Gasteiger partial charge in [-0.1, -0.05) is 17.7 Å². The smallest absolute Gasteiger partial charge is 0.253 e. The minimum atomic E-state index is 0.206. The van der Waals surface area contributed by atoms with Gasteiger partial charge in [0.05, 0.1) is 0 Å². The summed E-state index contributed by atoms with van der Waals surface area (Å²) in [6.07, 6.45) is 4.90. The lowest BCUT2D eigenvalue weighted by atomic mass is 9.71. The van der Waals surface area contributed by atoms with Crippen LogP contribution in [0.2, 0.25) is 0 Å². The third-order valence-electron chi connectivity index (χ3n) is 5.04. The van der Waals surface area contributed by atoms with Gasteiger partial charge >= 0.3 is 0 Å². The molecule has 0 atom stereocenters. The maximum Gasteiger partial charge on any atom is 0.253 e.